The van der Waals surface area contributed by atoms with Gasteiger partial charge in [0.05, 0.1) is 6.10 Å². The van der Waals surface area contributed by atoms with E-state index in [0.717, 1.165) is 41.5 Å². The van der Waals surface area contributed by atoms with E-state index in [-0.39, 0.29) is 0 Å². The van der Waals surface area contributed by atoms with Crippen LogP contribution in [0.1, 0.15) is 38.2 Å². The molecule has 0 saturated heterocycles. The summed E-state index contributed by atoms with van der Waals surface area (Å²) in [7, 11) is 0. The Kier molecular flexibility index (Phi) is 4.90. The van der Waals surface area contributed by atoms with Crippen molar-refractivity contribution in [1.82, 2.24) is 0 Å². The van der Waals surface area contributed by atoms with Crippen LogP contribution in [-0.4, -0.2) is 12.6 Å². The van der Waals surface area contributed by atoms with Crippen molar-refractivity contribution in [2.75, 3.05) is 6.54 Å². The Morgan fingerprint density at radius 3 is 2.94 bits per heavy atom. The third-order valence-electron chi connectivity index (χ3n) is 3.62. The van der Waals surface area contributed by atoms with Gasteiger partial charge in [-0.2, -0.15) is 0 Å². The molecule has 1 aliphatic rings. The van der Waals surface area contributed by atoms with Crippen LogP contribution >= 0.6 is 11.6 Å². The Hall–Kier alpha value is -0.730. The zero-order valence-corrected chi connectivity index (χ0v) is 11.7. The van der Waals surface area contributed by atoms with Crippen LogP contribution in [0.5, 0.6) is 5.75 Å². The zero-order chi connectivity index (χ0) is 13.0. The van der Waals surface area contributed by atoms with E-state index in [9.17, 15) is 0 Å². The van der Waals surface area contributed by atoms with Gasteiger partial charge >= 0.3 is 0 Å². The summed E-state index contributed by atoms with van der Waals surface area (Å²) in [5, 5.41) is 0.753. The van der Waals surface area contributed by atoms with Crippen LogP contribution < -0.4 is 10.5 Å². The van der Waals surface area contributed by atoms with Gasteiger partial charge in [-0.05, 0) is 61.9 Å². The maximum absolute atomic E-state index is 6.15. The molecule has 2 atom stereocenters. The molecule has 2 unspecified atom stereocenters. The quantitative estimate of drug-likeness (QED) is 0.901. The lowest BCUT2D eigenvalue weighted by molar-refractivity contribution is 0.128. The molecular formula is C15H22ClNO. The minimum absolute atomic E-state index is 0.353. The molecule has 2 nitrogen and oxygen atoms in total. The fourth-order valence-electron chi connectivity index (χ4n) is 2.68. The lowest BCUT2D eigenvalue weighted by Crippen LogP contribution is -2.24. The average molecular weight is 268 g/mol. The van der Waals surface area contributed by atoms with Crippen molar-refractivity contribution in [3.63, 3.8) is 0 Å². The molecule has 0 radical (unpaired) electrons. The Balaban J connectivity index is 2.07. The lowest BCUT2D eigenvalue weighted by atomic mass is 9.88. The van der Waals surface area contributed by atoms with E-state index in [1.54, 1.807) is 0 Å². The molecule has 1 aliphatic carbocycles. The number of benzene rings is 1. The van der Waals surface area contributed by atoms with E-state index >= 15 is 0 Å². The summed E-state index contributed by atoms with van der Waals surface area (Å²) < 4.78 is 6.15. The molecule has 0 heterocycles. The predicted molar refractivity (Wildman–Crippen MR) is 76.3 cm³/mol. The van der Waals surface area contributed by atoms with Crippen molar-refractivity contribution in [2.24, 2.45) is 11.7 Å². The van der Waals surface area contributed by atoms with Crippen LogP contribution in [0.2, 0.25) is 5.02 Å². The van der Waals surface area contributed by atoms with Gasteiger partial charge in [0.15, 0.2) is 0 Å². The number of nitrogens with two attached hydrogens (primary N) is 1. The first-order valence-corrected chi connectivity index (χ1v) is 7.22. The highest BCUT2D eigenvalue weighted by atomic mass is 35.5. The molecule has 1 fully saturated rings. The van der Waals surface area contributed by atoms with Gasteiger partial charge < -0.3 is 10.5 Å². The van der Waals surface area contributed by atoms with E-state index in [1.165, 1.54) is 12.8 Å². The number of rotatable bonds is 4. The first kappa shape index (κ1) is 13.7. The SMILES string of the molecule is CC1CCCC(Oc2ccc(Cl)cc2CCN)C1. The van der Waals surface area contributed by atoms with Gasteiger partial charge in [0.1, 0.15) is 5.75 Å². The average Bonchev–Trinajstić information content (AvgIpc) is 2.33. The second-order valence-corrected chi connectivity index (χ2v) is 5.74. The molecule has 2 N–H and O–H groups in total. The molecule has 18 heavy (non-hydrogen) atoms. The van der Waals surface area contributed by atoms with E-state index in [4.69, 9.17) is 22.1 Å². The molecule has 3 heteroatoms. The van der Waals surface area contributed by atoms with Gasteiger partial charge in [0.25, 0.3) is 0 Å². The van der Waals surface area contributed by atoms with E-state index < -0.39 is 0 Å². The van der Waals surface area contributed by atoms with Gasteiger partial charge in [0.2, 0.25) is 0 Å². The zero-order valence-electron chi connectivity index (χ0n) is 11.0. The maximum Gasteiger partial charge on any atom is 0.123 e. The van der Waals surface area contributed by atoms with Crippen molar-refractivity contribution < 1.29 is 4.74 Å². The molecule has 1 aromatic rings. The molecule has 100 valence electrons. The summed E-state index contributed by atoms with van der Waals surface area (Å²) in [6.07, 6.45) is 6.09. The second-order valence-electron chi connectivity index (χ2n) is 5.30. The molecule has 0 spiro atoms. The van der Waals surface area contributed by atoms with Crippen LogP contribution in [0.3, 0.4) is 0 Å². The van der Waals surface area contributed by atoms with Crippen molar-refractivity contribution in [1.29, 1.82) is 0 Å². The van der Waals surface area contributed by atoms with Crippen molar-refractivity contribution >= 4 is 11.6 Å². The number of halogens is 1. The van der Waals surface area contributed by atoms with Gasteiger partial charge in [-0.3, -0.25) is 0 Å². The van der Waals surface area contributed by atoms with E-state index in [2.05, 4.69) is 6.92 Å². The largest absolute Gasteiger partial charge is 0.490 e. The minimum Gasteiger partial charge on any atom is -0.490 e. The highest BCUT2D eigenvalue weighted by Gasteiger charge is 2.21. The highest BCUT2D eigenvalue weighted by Crippen LogP contribution is 2.30. The monoisotopic (exact) mass is 267 g/mol. The van der Waals surface area contributed by atoms with Crippen molar-refractivity contribution in [2.45, 2.75) is 45.1 Å². The predicted octanol–water partition coefficient (Wildman–Crippen LogP) is 3.80. The molecule has 0 aliphatic heterocycles. The maximum atomic E-state index is 6.15. The normalized spacial score (nSPS) is 23.9. The second kappa shape index (κ2) is 6.44. The topological polar surface area (TPSA) is 35.2 Å². The van der Waals surface area contributed by atoms with E-state index in [1.807, 2.05) is 18.2 Å². The smallest absolute Gasteiger partial charge is 0.123 e. The lowest BCUT2D eigenvalue weighted by Gasteiger charge is -2.28. The van der Waals surface area contributed by atoms with Gasteiger partial charge in [-0.25, -0.2) is 0 Å². The number of ether oxygens (including phenoxy) is 1. The van der Waals surface area contributed by atoms with Gasteiger partial charge in [0, 0.05) is 5.02 Å². The first-order chi connectivity index (χ1) is 8.69. The van der Waals surface area contributed by atoms with Crippen LogP contribution in [0, 0.1) is 5.92 Å². The third kappa shape index (κ3) is 3.63. The van der Waals surface area contributed by atoms with Crippen LogP contribution in [0.4, 0.5) is 0 Å². The van der Waals surface area contributed by atoms with Crippen LogP contribution in [-0.2, 0) is 6.42 Å². The molecule has 1 aromatic carbocycles. The van der Waals surface area contributed by atoms with E-state index in [0.29, 0.717) is 12.6 Å². The molecule has 1 saturated carbocycles. The van der Waals surface area contributed by atoms with Crippen LogP contribution in [0.25, 0.3) is 0 Å². The molecular weight excluding hydrogens is 246 g/mol. The summed E-state index contributed by atoms with van der Waals surface area (Å²) >= 11 is 6.02. The molecule has 0 amide bonds. The fourth-order valence-corrected chi connectivity index (χ4v) is 2.87. The molecule has 2 rings (SSSR count). The Morgan fingerprint density at radius 1 is 1.39 bits per heavy atom. The van der Waals surface area contributed by atoms with Gasteiger partial charge in [-0.1, -0.05) is 24.9 Å². The van der Waals surface area contributed by atoms with Crippen molar-refractivity contribution in [3.8, 4) is 5.75 Å². The first-order valence-electron chi connectivity index (χ1n) is 6.84. The fraction of sp³-hybridized carbons (Fsp3) is 0.600. The van der Waals surface area contributed by atoms with Crippen molar-refractivity contribution in [3.05, 3.63) is 28.8 Å². The summed E-state index contributed by atoms with van der Waals surface area (Å²) in [6, 6.07) is 5.84. The summed E-state index contributed by atoms with van der Waals surface area (Å²) in [6.45, 7) is 2.93. The summed E-state index contributed by atoms with van der Waals surface area (Å²) in [4.78, 5) is 0. The standard InChI is InChI=1S/C15H22ClNO/c1-11-3-2-4-14(9-11)18-15-6-5-13(16)10-12(15)7-8-17/h5-6,10-11,14H,2-4,7-9,17H2,1H3. The Morgan fingerprint density at radius 2 is 2.22 bits per heavy atom. The number of hydrogen-bond acceptors (Lipinski definition) is 2. The minimum atomic E-state index is 0.353. The Labute approximate surface area is 114 Å². The third-order valence-corrected chi connectivity index (χ3v) is 3.85. The van der Waals surface area contributed by atoms with Crippen LogP contribution in [0.15, 0.2) is 18.2 Å². The number of hydrogen-bond donors (Lipinski definition) is 1. The Bertz CT molecular complexity index is 394. The highest BCUT2D eigenvalue weighted by molar-refractivity contribution is 6.30. The molecule has 0 aromatic heterocycles. The summed E-state index contributed by atoms with van der Waals surface area (Å²) in [5.74, 6) is 1.73. The van der Waals surface area contributed by atoms with Gasteiger partial charge in [-0.15, -0.1) is 0 Å². The summed E-state index contributed by atoms with van der Waals surface area (Å²) in [5.41, 5.74) is 6.76. The molecule has 0 bridgehead atoms.